The van der Waals surface area contributed by atoms with Crippen molar-refractivity contribution in [3.05, 3.63) is 90.8 Å². The molecule has 0 fully saturated rings. The number of carbonyl (C=O) groups excluding carboxylic acids is 1. The number of carboxylic acid groups (broad SMARTS) is 1. The van der Waals surface area contributed by atoms with Crippen molar-refractivity contribution < 1.29 is 35.4 Å². The Morgan fingerprint density at radius 2 is 1.29 bits per heavy atom. The van der Waals surface area contributed by atoms with E-state index in [9.17, 15) is 15.0 Å². The SMILES string of the molecule is O=C([O-])c1cc2ccccc2cc1[O-].[Pd+2].c1ccc(Nc2ccccn2)nc1. The van der Waals surface area contributed by atoms with Crippen molar-refractivity contribution in [1.82, 2.24) is 9.97 Å². The van der Waals surface area contributed by atoms with Crippen LogP contribution in [0.25, 0.3) is 10.8 Å². The molecule has 0 aliphatic carbocycles. The van der Waals surface area contributed by atoms with Gasteiger partial charge in [0.05, 0.1) is 5.97 Å². The number of fused-ring (bicyclic) bond motifs is 1. The van der Waals surface area contributed by atoms with Gasteiger partial charge in [-0.25, -0.2) is 9.97 Å². The van der Waals surface area contributed by atoms with Crippen molar-refractivity contribution in [2.24, 2.45) is 0 Å². The summed E-state index contributed by atoms with van der Waals surface area (Å²) in [6.45, 7) is 0. The number of benzene rings is 2. The molecule has 2 heterocycles. The summed E-state index contributed by atoms with van der Waals surface area (Å²) in [4.78, 5) is 18.8. The minimum atomic E-state index is -1.43. The minimum absolute atomic E-state index is 0. The van der Waals surface area contributed by atoms with Crippen molar-refractivity contribution in [2.75, 3.05) is 5.32 Å². The largest absolute Gasteiger partial charge is 2.00 e. The van der Waals surface area contributed by atoms with E-state index in [1.54, 1.807) is 36.7 Å². The maximum absolute atomic E-state index is 11.3. The van der Waals surface area contributed by atoms with E-state index in [0.29, 0.717) is 0 Å². The Hall–Kier alpha value is -3.27. The average Bonchev–Trinajstić information content (AvgIpc) is 2.69. The number of hydrogen-bond donors (Lipinski definition) is 1. The van der Waals surface area contributed by atoms with Crippen LogP contribution in [-0.2, 0) is 20.4 Å². The van der Waals surface area contributed by atoms with E-state index in [2.05, 4.69) is 15.3 Å². The molecular formula is C21H15N3O3Pd. The zero-order valence-electron chi connectivity index (χ0n) is 14.5. The molecule has 0 bridgehead atoms. The fourth-order valence-corrected chi connectivity index (χ4v) is 2.38. The third-order valence-corrected chi connectivity index (χ3v) is 3.65. The van der Waals surface area contributed by atoms with Crippen LogP contribution < -0.4 is 15.5 Å². The van der Waals surface area contributed by atoms with Gasteiger partial charge in [-0.3, -0.25) is 0 Å². The second-order valence-electron chi connectivity index (χ2n) is 5.54. The summed E-state index contributed by atoms with van der Waals surface area (Å²) in [5.74, 6) is -0.327. The number of carbonyl (C=O) groups is 1. The van der Waals surface area contributed by atoms with Crippen LogP contribution in [0.3, 0.4) is 0 Å². The first kappa shape index (κ1) is 21.0. The van der Waals surface area contributed by atoms with Gasteiger partial charge >= 0.3 is 20.4 Å². The predicted octanol–water partition coefficient (Wildman–Crippen LogP) is 2.49. The van der Waals surface area contributed by atoms with Crippen LogP contribution in [0.1, 0.15) is 10.4 Å². The number of anilines is 2. The Morgan fingerprint density at radius 1 is 0.786 bits per heavy atom. The van der Waals surface area contributed by atoms with Crippen molar-refractivity contribution in [3.8, 4) is 5.75 Å². The van der Waals surface area contributed by atoms with Gasteiger partial charge in [0.2, 0.25) is 0 Å². The molecule has 0 atom stereocenters. The van der Waals surface area contributed by atoms with Crippen LogP contribution in [0.4, 0.5) is 11.6 Å². The minimum Gasteiger partial charge on any atom is -0.872 e. The fourth-order valence-electron chi connectivity index (χ4n) is 2.38. The average molecular weight is 464 g/mol. The number of nitrogens with zero attached hydrogens (tertiary/aromatic N) is 2. The van der Waals surface area contributed by atoms with Gasteiger partial charge < -0.3 is 20.3 Å². The van der Waals surface area contributed by atoms with Gasteiger partial charge in [-0.05, 0) is 46.7 Å². The van der Waals surface area contributed by atoms with Gasteiger partial charge in [0.15, 0.2) is 0 Å². The van der Waals surface area contributed by atoms with E-state index >= 15 is 0 Å². The van der Waals surface area contributed by atoms with Crippen LogP contribution in [0.2, 0.25) is 0 Å². The van der Waals surface area contributed by atoms with Crippen molar-refractivity contribution >= 4 is 28.4 Å². The summed E-state index contributed by atoms with van der Waals surface area (Å²) in [5, 5.41) is 26.4. The molecule has 0 amide bonds. The Morgan fingerprint density at radius 3 is 1.75 bits per heavy atom. The molecule has 0 saturated carbocycles. The maximum atomic E-state index is 11.3. The van der Waals surface area contributed by atoms with Crippen molar-refractivity contribution in [3.63, 3.8) is 0 Å². The number of hydrogen-bond acceptors (Lipinski definition) is 6. The summed E-state index contributed by atoms with van der Waals surface area (Å²) >= 11 is 0. The molecule has 2 aromatic carbocycles. The third-order valence-electron chi connectivity index (χ3n) is 3.65. The van der Waals surface area contributed by atoms with Crippen LogP contribution >= 0.6 is 0 Å². The molecule has 0 aliphatic heterocycles. The van der Waals surface area contributed by atoms with E-state index in [1.807, 2.05) is 36.4 Å². The monoisotopic (exact) mass is 463 g/mol. The number of pyridine rings is 2. The summed E-state index contributed by atoms with van der Waals surface area (Å²) in [6.07, 6.45) is 3.48. The molecule has 28 heavy (non-hydrogen) atoms. The molecule has 7 heteroatoms. The molecule has 4 rings (SSSR count). The molecule has 0 spiro atoms. The van der Waals surface area contributed by atoms with Crippen LogP contribution in [0.15, 0.2) is 85.2 Å². The molecular weight excluding hydrogens is 449 g/mol. The van der Waals surface area contributed by atoms with E-state index < -0.39 is 11.7 Å². The van der Waals surface area contributed by atoms with Crippen LogP contribution in [0.5, 0.6) is 5.75 Å². The summed E-state index contributed by atoms with van der Waals surface area (Å²) in [6, 6.07) is 21.1. The molecule has 6 nitrogen and oxygen atoms in total. The Labute approximate surface area is 175 Å². The molecule has 4 aromatic rings. The molecule has 0 radical (unpaired) electrons. The number of nitrogens with one attached hydrogen (secondary N) is 1. The van der Waals surface area contributed by atoms with Gasteiger partial charge in [-0.2, -0.15) is 0 Å². The zero-order chi connectivity index (χ0) is 19.1. The predicted molar refractivity (Wildman–Crippen MR) is 99.5 cm³/mol. The van der Waals surface area contributed by atoms with Gasteiger partial charge in [0.1, 0.15) is 11.6 Å². The van der Waals surface area contributed by atoms with Crippen molar-refractivity contribution in [1.29, 1.82) is 0 Å². The molecule has 0 saturated heterocycles. The molecule has 142 valence electrons. The van der Waals surface area contributed by atoms with Gasteiger partial charge in [-0.1, -0.05) is 48.2 Å². The smallest absolute Gasteiger partial charge is 0.872 e. The van der Waals surface area contributed by atoms with Gasteiger partial charge in [0, 0.05) is 12.4 Å². The summed E-state index contributed by atoms with van der Waals surface area (Å²) in [7, 11) is 0. The van der Waals surface area contributed by atoms with Gasteiger partial charge in [0.25, 0.3) is 0 Å². The first-order valence-corrected chi connectivity index (χ1v) is 8.14. The van der Waals surface area contributed by atoms with E-state index in [0.717, 1.165) is 22.4 Å². The molecule has 1 N–H and O–H groups in total. The van der Waals surface area contributed by atoms with Crippen molar-refractivity contribution in [2.45, 2.75) is 0 Å². The van der Waals surface area contributed by atoms with Crippen LogP contribution in [-0.4, -0.2) is 15.9 Å². The summed E-state index contributed by atoms with van der Waals surface area (Å²) < 4.78 is 0. The summed E-state index contributed by atoms with van der Waals surface area (Å²) in [5.41, 5.74) is -0.288. The second kappa shape index (κ2) is 10.2. The quantitative estimate of drug-likeness (QED) is 0.468. The second-order valence-corrected chi connectivity index (χ2v) is 5.54. The van der Waals surface area contributed by atoms with E-state index in [-0.39, 0.29) is 26.0 Å². The number of rotatable bonds is 3. The standard InChI is InChI=1S/C11H8O3.C10H9N3.Pd/c12-10-6-8-4-2-1-3-7(8)5-9(10)11(13)14;1-3-7-11-9(5-1)13-10-6-2-4-8-12-10;/h1-6,12H,(H,13,14);1-8H,(H,11,12,13);/q;;+2/p-2. The van der Waals surface area contributed by atoms with Gasteiger partial charge in [-0.15, -0.1) is 0 Å². The van der Waals surface area contributed by atoms with Crippen LogP contribution in [0, 0.1) is 0 Å². The Bertz CT molecular complexity index is 1010. The first-order chi connectivity index (χ1) is 13.1. The maximum Gasteiger partial charge on any atom is 2.00 e. The molecule has 0 aliphatic rings. The fraction of sp³-hybridized carbons (Fsp3) is 0. The zero-order valence-corrected chi connectivity index (χ0v) is 16.1. The molecule has 0 unspecified atom stereocenters. The molecule has 2 aromatic heterocycles. The number of aromatic carboxylic acids is 1. The first-order valence-electron chi connectivity index (χ1n) is 8.14. The van der Waals surface area contributed by atoms with E-state index in [4.69, 9.17) is 0 Å². The topological polar surface area (TPSA) is 101 Å². The Balaban J connectivity index is 0.000000194. The Kier molecular flexibility index (Phi) is 7.64. The number of carboxylic acids is 1. The van der Waals surface area contributed by atoms with E-state index in [1.165, 1.54) is 12.1 Å². The normalized spacial score (nSPS) is 9.57. The third kappa shape index (κ3) is 5.61. The number of aromatic nitrogens is 2.